The van der Waals surface area contributed by atoms with Gasteiger partial charge in [0.2, 0.25) is 0 Å². The van der Waals surface area contributed by atoms with Crippen LogP contribution in [0.4, 0.5) is 5.82 Å². The first-order chi connectivity index (χ1) is 8.70. The minimum Gasteiger partial charge on any atom is -0.369 e. The minimum absolute atomic E-state index is 1.00. The van der Waals surface area contributed by atoms with Crippen LogP contribution in [0.15, 0.2) is 18.2 Å². The molecule has 0 radical (unpaired) electrons. The molecule has 3 heteroatoms. The fraction of sp³-hybridized carbons (Fsp3) is 0.400. The summed E-state index contributed by atoms with van der Waals surface area (Å²) in [7, 11) is 0. The molecule has 0 spiro atoms. The van der Waals surface area contributed by atoms with Crippen molar-refractivity contribution in [1.29, 1.82) is 0 Å². The van der Waals surface area contributed by atoms with E-state index in [1.807, 2.05) is 0 Å². The molecule has 0 saturated heterocycles. The zero-order valence-electron chi connectivity index (χ0n) is 11.2. The highest BCUT2D eigenvalue weighted by Crippen LogP contribution is 2.30. The zero-order chi connectivity index (χ0) is 12.7. The first kappa shape index (κ1) is 11.3. The molecule has 0 bridgehead atoms. The van der Waals surface area contributed by atoms with Gasteiger partial charge >= 0.3 is 0 Å². The van der Waals surface area contributed by atoms with Gasteiger partial charge in [-0.25, -0.2) is 4.68 Å². The van der Waals surface area contributed by atoms with Gasteiger partial charge in [0, 0.05) is 12.1 Å². The molecule has 0 atom stereocenters. The van der Waals surface area contributed by atoms with Gasteiger partial charge in [-0.3, -0.25) is 0 Å². The van der Waals surface area contributed by atoms with Crippen LogP contribution in [0.25, 0.3) is 5.69 Å². The number of hydrogen-bond acceptors (Lipinski definition) is 2. The van der Waals surface area contributed by atoms with Gasteiger partial charge in [0.15, 0.2) is 0 Å². The SMILES string of the molecule is CCc1nn(-c2cc(C)ccc2C)c2c1CCN2. The maximum absolute atomic E-state index is 4.78. The summed E-state index contributed by atoms with van der Waals surface area (Å²) in [6.45, 7) is 7.48. The molecule has 1 aliphatic heterocycles. The zero-order valence-corrected chi connectivity index (χ0v) is 11.2. The number of hydrogen-bond donors (Lipinski definition) is 1. The van der Waals surface area contributed by atoms with Gasteiger partial charge in [0.05, 0.1) is 11.4 Å². The maximum atomic E-state index is 4.78. The predicted molar refractivity (Wildman–Crippen MR) is 74.6 cm³/mol. The Kier molecular flexibility index (Phi) is 2.62. The van der Waals surface area contributed by atoms with E-state index in [4.69, 9.17) is 5.10 Å². The van der Waals surface area contributed by atoms with Gasteiger partial charge in [0.25, 0.3) is 0 Å². The second-order valence-corrected chi connectivity index (χ2v) is 5.01. The quantitative estimate of drug-likeness (QED) is 0.876. The molecule has 3 rings (SSSR count). The number of aryl methyl sites for hydroxylation is 3. The second kappa shape index (κ2) is 4.16. The summed E-state index contributed by atoms with van der Waals surface area (Å²) in [6, 6.07) is 6.53. The third-order valence-electron chi connectivity index (χ3n) is 3.66. The summed E-state index contributed by atoms with van der Waals surface area (Å²) in [5.74, 6) is 1.19. The molecule has 1 aromatic heterocycles. The topological polar surface area (TPSA) is 29.9 Å². The number of fused-ring (bicyclic) bond motifs is 1. The molecule has 3 nitrogen and oxygen atoms in total. The molecule has 1 N–H and O–H groups in total. The van der Waals surface area contributed by atoms with Gasteiger partial charge in [-0.1, -0.05) is 19.1 Å². The summed E-state index contributed by atoms with van der Waals surface area (Å²) >= 11 is 0. The van der Waals surface area contributed by atoms with Crippen molar-refractivity contribution in [2.24, 2.45) is 0 Å². The van der Waals surface area contributed by atoms with Crippen molar-refractivity contribution in [2.45, 2.75) is 33.6 Å². The average molecular weight is 241 g/mol. The van der Waals surface area contributed by atoms with Crippen LogP contribution in [0.2, 0.25) is 0 Å². The summed E-state index contributed by atoms with van der Waals surface area (Å²) in [6.07, 6.45) is 2.10. The monoisotopic (exact) mass is 241 g/mol. The minimum atomic E-state index is 1.00. The fourth-order valence-corrected chi connectivity index (χ4v) is 2.65. The van der Waals surface area contributed by atoms with Crippen LogP contribution in [0.5, 0.6) is 0 Å². The summed E-state index contributed by atoms with van der Waals surface area (Å²) in [5.41, 5.74) is 6.37. The molecule has 0 aliphatic carbocycles. The van der Waals surface area contributed by atoms with Gasteiger partial charge in [0.1, 0.15) is 5.82 Å². The Balaban J connectivity index is 2.20. The first-order valence-corrected chi connectivity index (χ1v) is 6.63. The number of nitrogens with zero attached hydrogens (tertiary/aromatic N) is 2. The van der Waals surface area contributed by atoms with E-state index in [2.05, 4.69) is 49.0 Å². The highest BCUT2D eigenvalue weighted by molar-refractivity contribution is 5.58. The summed E-state index contributed by atoms with van der Waals surface area (Å²) in [4.78, 5) is 0. The van der Waals surface area contributed by atoms with E-state index in [0.29, 0.717) is 0 Å². The Morgan fingerprint density at radius 1 is 1.33 bits per heavy atom. The molecule has 1 aromatic carbocycles. The summed E-state index contributed by atoms with van der Waals surface area (Å²) in [5, 5.41) is 8.25. The van der Waals surface area contributed by atoms with Crippen molar-refractivity contribution in [3.63, 3.8) is 0 Å². The van der Waals surface area contributed by atoms with Crippen molar-refractivity contribution in [1.82, 2.24) is 9.78 Å². The van der Waals surface area contributed by atoms with Crippen molar-refractivity contribution in [3.05, 3.63) is 40.6 Å². The van der Waals surface area contributed by atoms with E-state index in [1.54, 1.807) is 0 Å². The van der Waals surface area contributed by atoms with Gasteiger partial charge in [-0.15, -0.1) is 0 Å². The Hall–Kier alpha value is -1.77. The van der Waals surface area contributed by atoms with Crippen molar-refractivity contribution >= 4 is 5.82 Å². The lowest BCUT2D eigenvalue weighted by Crippen LogP contribution is -2.06. The third-order valence-corrected chi connectivity index (χ3v) is 3.66. The smallest absolute Gasteiger partial charge is 0.133 e. The molecular weight excluding hydrogens is 222 g/mol. The lowest BCUT2D eigenvalue weighted by atomic mass is 10.1. The molecule has 0 unspecified atom stereocenters. The molecular formula is C15H19N3. The maximum Gasteiger partial charge on any atom is 0.133 e. The van der Waals surface area contributed by atoms with Crippen molar-refractivity contribution in [2.75, 3.05) is 11.9 Å². The molecule has 94 valence electrons. The van der Waals surface area contributed by atoms with Crippen molar-refractivity contribution < 1.29 is 0 Å². The Bertz CT molecular complexity index is 596. The average Bonchev–Trinajstić information content (AvgIpc) is 2.93. The Morgan fingerprint density at radius 2 is 2.17 bits per heavy atom. The first-order valence-electron chi connectivity index (χ1n) is 6.63. The van der Waals surface area contributed by atoms with E-state index in [9.17, 15) is 0 Å². The largest absolute Gasteiger partial charge is 0.369 e. The van der Waals surface area contributed by atoms with Crippen LogP contribution in [0.3, 0.4) is 0 Å². The number of nitrogens with one attached hydrogen (secondary N) is 1. The van der Waals surface area contributed by atoms with E-state index in [-0.39, 0.29) is 0 Å². The molecule has 2 aromatic rings. The number of anilines is 1. The molecule has 0 saturated carbocycles. The van der Waals surface area contributed by atoms with Crippen LogP contribution < -0.4 is 5.32 Å². The standard InChI is InChI=1S/C15H19N3/c1-4-13-12-7-8-16-15(12)18(17-13)14-9-10(2)5-6-11(14)3/h5-6,9,16H,4,7-8H2,1-3H3. The number of rotatable bonds is 2. The third kappa shape index (κ3) is 1.62. The fourth-order valence-electron chi connectivity index (χ4n) is 2.65. The van der Waals surface area contributed by atoms with Crippen LogP contribution >= 0.6 is 0 Å². The van der Waals surface area contributed by atoms with E-state index >= 15 is 0 Å². The van der Waals surface area contributed by atoms with E-state index in [1.165, 1.54) is 33.9 Å². The Morgan fingerprint density at radius 3 is 2.94 bits per heavy atom. The van der Waals surface area contributed by atoms with Gasteiger partial charge in [-0.2, -0.15) is 5.10 Å². The molecule has 0 amide bonds. The highest BCUT2D eigenvalue weighted by Gasteiger charge is 2.22. The van der Waals surface area contributed by atoms with Crippen molar-refractivity contribution in [3.8, 4) is 5.69 Å². The van der Waals surface area contributed by atoms with Gasteiger partial charge < -0.3 is 5.32 Å². The predicted octanol–water partition coefficient (Wildman–Crippen LogP) is 3.02. The lowest BCUT2D eigenvalue weighted by Gasteiger charge is -2.10. The molecule has 2 heterocycles. The Labute approximate surface area is 108 Å². The van der Waals surface area contributed by atoms with E-state index < -0.39 is 0 Å². The van der Waals surface area contributed by atoms with Gasteiger partial charge in [-0.05, 0) is 43.9 Å². The molecule has 18 heavy (non-hydrogen) atoms. The second-order valence-electron chi connectivity index (χ2n) is 5.01. The van der Waals surface area contributed by atoms with Crippen LogP contribution in [-0.2, 0) is 12.8 Å². The van der Waals surface area contributed by atoms with Crippen LogP contribution in [-0.4, -0.2) is 16.3 Å². The number of benzene rings is 1. The normalized spacial score (nSPS) is 13.5. The number of aromatic nitrogens is 2. The van der Waals surface area contributed by atoms with E-state index in [0.717, 1.165) is 19.4 Å². The molecule has 0 fully saturated rings. The highest BCUT2D eigenvalue weighted by atomic mass is 15.3. The van der Waals surface area contributed by atoms with Crippen LogP contribution in [0.1, 0.15) is 29.3 Å². The lowest BCUT2D eigenvalue weighted by molar-refractivity contribution is 0.827. The molecule has 1 aliphatic rings. The van der Waals surface area contributed by atoms with Crippen LogP contribution in [0, 0.1) is 13.8 Å². The summed E-state index contributed by atoms with van der Waals surface area (Å²) < 4.78 is 2.09.